The van der Waals surface area contributed by atoms with E-state index in [0.717, 1.165) is 30.9 Å². The van der Waals surface area contributed by atoms with Gasteiger partial charge in [-0.25, -0.2) is 0 Å². The van der Waals surface area contributed by atoms with Crippen LogP contribution >= 0.6 is 0 Å². The Labute approximate surface area is 124 Å². The molecular formula is C15H20N4O2. The van der Waals surface area contributed by atoms with Gasteiger partial charge in [-0.1, -0.05) is 6.07 Å². The molecule has 0 aliphatic rings. The van der Waals surface area contributed by atoms with E-state index in [1.165, 1.54) is 0 Å². The lowest BCUT2D eigenvalue weighted by Gasteiger charge is -2.08. The summed E-state index contributed by atoms with van der Waals surface area (Å²) in [5.41, 5.74) is 0.734. The molecule has 0 aliphatic heterocycles. The second kappa shape index (κ2) is 8.06. The van der Waals surface area contributed by atoms with Crippen LogP contribution < -0.4 is 15.4 Å². The number of nitrogens with zero attached hydrogens (tertiary/aromatic N) is 2. The standard InChI is InChI=1S/C15H20N4O2/c1-21-14-6-2-5-13(11-14)18-15(20)12-16-7-3-9-19-10-4-8-17-19/h2,4-6,8,10-11,16H,3,7,9,12H2,1H3,(H,18,20). The molecule has 0 aliphatic carbocycles. The number of amides is 1. The number of methoxy groups -OCH3 is 1. The number of ether oxygens (including phenoxy) is 1. The molecule has 0 fully saturated rings. The fraction of sp³-hybridized carbons (Fsp3) is 0.333. The number of hydrogen-bond donors (Lipinski definition) is 2. The van der Waals surface area contributed by atoms with Gasteiger partial charge in [-0.2, -0.15) is 5.10 Å². The van der Waals surface area contributed by atoms with Crippen LogP contribution in [0.1, 0.15) is 6.42 Å². The number of benzene rings is 1. The zero-order valence-corrected chi connectivity index (χ0v) is 12.1. The van der Waals surface area contributed by atoms with Gasteiger partial charge in [0.1, 0.15) is 5.75 Å². The summed E-state index contributed by atoms with van der Waals surface area (Å²) in [6, 6.07) is 9.19. The number of aryl methyl sites for hydroxylation is 1. The Hall–Kier alpha value is -2.34. The zero-order valence-electron chi connectivity index (χ0n) is 12.1. The van der Waals surface area contributed by atoms with Gasteiger partial charge >= 0.3 is 0 Å². The summed E-state index contributed by atoms with van der Waals surface area (Å²) in [7, 11) is 1.60. The Morgan fingerprint density at radius 2 is 2.29 bits per heavy atom. The monoisotopic (exact) mass is 288 g/mol. The van der Waals surface area contributed by atoms with Crippen molar-refractivity contribution in [2.24, 2.45) is 0 Å². The van der Waals surface area contributed by atoms with Gasteiger partial charge in [0.2, 0.25) is 5.91 Å². The second-order valence-electron chi connectivity index (χ2n) is 4.58. The molecule has 1 heterocycles. The van der Waals surface area contributed by atoms with E-state index in [9.17, 15) is 4.79 Å². The highest BCUT2D eigenvalue weighted by Crippen LogP contribution is 2.16. The summed E-state index contributed by atoms with van der Waals surface area (Å²) in [6.07, 6.45) is 4.61. The van der Waals surface area contributed by atoms with Crippen molar-refractivity contribution in [3.63, 3.8) is 0 Å². The fourth-order valence-electron chi connectivity index (χ4n) is 1.91. The van der Waals surface area contributed by atoms with Gasteiger partial charge < -0.3 is 15.4 Å². The molecule has 0 atom stereocenters. The molecule has 1 aromatic carbocycles. The molecule has 0 radical (unpaired) electrons. The third-order valence-corrected chi connectivity index (χ3v) is 2.94. The van der Waals surface area contributed by atoms with E-state index in [4.69, 9.17) is 4.74 Å². The van der Waals surface area contributed by atoms with Crippen LogP contribution in [-0.4, -0.2) is 35.9 Å². The number of nitrogens with one attached hydrogen (secondary N) is 2. The van der Waals surface area contributed by atoms with Crippen molar-refractivity contribution in [2.45, 2.75) is 13.0 Å². The molecule has 0 unspecified atom stereocenters. The van der Waals surface area contributed by atoms with Crippen LogP contribution in [0.15, 0.2) is 42.7 Å². The van der Waals surface area contributed by atoms with Crippen molar-refractivity contribution < 1.29 is 9.53 Å². The molecule has 6 heteroatoms. The Bertz CT molecular complexity index is 555. The molecule has 1 aromatic heterocycles. The Kier molecular flexibility index (Phi) is 5.78. The quantitative estimate of drug-likeness (QED) is 0.723. The lowest BCUT2D eigenvalue weighted by Crippen LogP contribution is -2.29. The van der Waals surface area contributed by atoms with Gasteiger partial charge in [-0.05, 0) is 31.2 Å². The topological polar surface area (TPSA) is 68.2 Å². The van der Waals surface area contributed by atoms with Gasteiger partial charge in [-0.3, -0.25) is 9.48 Å². The van der Waals surface area contributed by atoms with Gasteiger partial charge in [-0.15, -0.1) is 0 Å². The highest BCUT2D eigenvalue weighted by molar-refractivity contribution is 5.92. The highest BCUT2D eigenvalue weighted by Gasteiger charge is 2.02. The SMILES string of the molecule is COc1cccc(NC(=O)CNCCCn2cccn2)c1. The second-order valence-corrected chi connectivity index (χ2v) is 4.58. The van der Waals surface area contributed by atoms with Crippen LogP contribution in [0.4, 0.5) is 5.69 Å². The Morgan fingerprint density at radius 3 is 3.05 bits per heavy atom. The Balaban J connectivity index is 1.63. The van der Waals surface area contributed by atoms with Crippen molar-refractivity contribution in [3.05, 3.63) is 42.7 Å². The van der Waals surface area contributed by atoms with E-state index in [-0.39, 0.29) is 12.5 Å². The summed E-state index contributed by atoms with van der Waals surface area (Å²) in [6.45, 7) is 1.90. The molecule has 0 bridgehead atoms. The first-order valence-corrected chi connectivity index (χ1v) is 6.90. The van der Waals surface area contributed by atoms with Gasteiger partial charge in [0.25, 0.3) is 0 Å². The molecule has 0 spiro atoms. The summed E-state index contributed by atoms with van der Waals surface area (Å²) < 4.78 is 6.98. The average Bonchev–Trinajstić information content (AvgIpc) is 3.00. The lowest BCUT2D eigenvalue weighted by molar-refractivity contribution is -0.115. The first-order chi connectivity index (χ1) is 10.3. The fourth-order valence-corrected chi connectivity index (χ4v) is 1.91. The maximum absolute atomic E-state index is 11.8. The predicted molar refractivity (Wildman–Crippen MR) is 81.3 cm³/mol. The normalized spacial score (nSPS) is 10.3. The molecule has 1 amide bonds. The molecular weight excluding hydrogens is 268 g/mol. The van der Waals surface area contributed by atoms with E-state index in [2.05, 4.69) is 15.7 Å². The van der Waals surface area contributed by atoms with E-state index >= 15 is 0 Å². The van der Waals surface area contributed by atoms with Crippen LogP contribution in [0, 0.1) is 0 Å². The largest absolute Gasteiger partial charge is 0.497 e. The van der Waals surface area contributed by atoms with Crippen molar-refractivity contribution in [1.29, 1.82) is 0 Å². The first-order valence-electron chi connectivity index (χ1n) is 6.90. The maximum atomic E-state index is 11.8. The van der Waals surface area contributed by atoms with E-state index in [1.54, 1.807) is 19.4 Å². The molecule has 2 rings (SSSR count). The number of anilines is 1. The molecule has 21 heavy (non-hydrogen) atoms. The van der Waals surface area contributed by atoms with E-state index in [0.29, 0.717) is 0 Å². The van der Waals surface area contributed by atoms with Crippen LogP contribution in [-0.2, 0) is 11.3 Å². The summed E-state index contributed by atoms with van der Waals surface area (Å²) in [4.78, 5) is 11.8. The van der Waals surface area contributed by atoms with Gasteiger partial charge in [0.05, 0.1) is 13.7 Å². The maximum Gasteiger partial charge on any atom is 0.238 e. The van der Waals surface area contributed by atoms with Crippen LogP contribution in [0.25, 0.3) is 0 Å². The minimum atomic E-state index is -0.0673. The lowest BCUT2D eigenvalue weighted by atomic mass is 10.3. The van der Waals surface area contributed by atoms with Crippen LogP contribution in [0.5, 0.6) is 5.75 Å². The van der Waals surface area contributed by atoms with Crippen LogP contribution in [0.3, 0.4) is 0 Å². The molecule has 0 saturated carbocycles. The van der Waals surface area contributed by atoms with Gasteiger partial charge in [0, 0.05) is 30.7 Å². The molecule has 0 saturated heterocycles. The number of aromatic nitrogens is 2. The van der Waals surface area contributed by atoms with Crippen molar-refractivity contribution >= 4 is 11.6 Å². The number of hydrogen-bond acceptors (Lipinski definition) is 4. The third kappa shape index (κ3) is 5.27. The minimum absolute atomic E-state index is 0.0673. The highest BCUT2D eigenvalue weighted by atomic mass is 16.5. The van der Waals surface area contributed by atoms with Crippen molar-refractivity contribution in [3.8, 4) is 5.75 Å². The molecule has 2 aromatic rings. The van der Waals surface area contributed by atoms with Gasteiger partial charge in [0.15, 0.2) is 0 Å². The molecule has 6 nitrogen and oxygen atoms in total. The van der Waals surface area contributed by atoms with E-state index in [1.807, 2.05) is 35.1 Å². The van der Waals surface area contributed by atoms with Crippen LogP contribution in [0.2, 0.25) is 0 Å². The minimum Gasteiger partial charge on any atom is -0.497 e. The Morgan fingerprint density at radius 1 is 1.38 bits per heavy atom. The average molecular weight is 288 g/mol. The predicted octanol–water partition coefficient (Wildman–Crippen LogP) is 1.51. The summed E-state index contributed by atoms with van der Waals surface area (Å²) >= 11 is 0. The third-order valence-electron chi connectivity index (χ3n) is 2.94. The number of carbonyl (C=O) groups is 1. The van der Waals surface area contributed by atoms with Crippen molar-refractivity contribution in [1.82, 2.24) is 15.1 Å². The summed E-state index contributed by atoms with van der Waals surface area (Å²) in [5.74, 6) is 0.655. The number of rotatable bonds is 8. The molecule has 2 N–H and O–H groups in total. The van der Waals surface area contributed by atoms with E-state index < -0.39 is 0 Å². The number of carbonyl (C=O) groups excluding carboxylic acids is 1. The van der Waals surface area contributed by atoms with Crippen molar-refractivity contribution in [2.75, 3.05) is 25.5 Å². The molecule has 112 valence electrons. The summed E-state index contributed by atoms with van der Waals surface area (Å²) in [5, 5.41) is 10.1. The first kappa shape index (κ1) is 15.1. The zero-order chi connectivity index (χ0) is 14.9. The smallest absolute Gasteiger partial charge is 0.238 e.